The van der Waals surface area contributed by atoms with Gasteiger partial charge in [-0.1, -0.05) is 12.1 Å². The van der Waals surface area contributed by atoms with Crippen LogP contribution in [0.4, 0.5) is 5.69 Å². The largest absolute Gasteiger partial charge is 0.354 e. The smallest absolute Gasteiger partial charge is 0.262 e. The van der Waals surface area contributed by atoms with Crippen molar-refractivity contribution in [2.24, 2.45) is 0 Å². The standard InChI is InChI=1S/C21H25N3O4S/c1-14-6-7-15(2)19(13-14)29(27,28)24-17-10-8-16(9-11-17)20(25)23-18-5-3-4-12-22-21(18)26/h6-11,13,18,24H,3-5,12H2,1-2H3,(H,22,26)(H,23,25). The van der Waals surface area contributed by atoms with Crippen molar-refractivity contribution in [2.45, 2.75) is 44.0 Å². The molecule has 0 bridgehead atoms. The summed E-state index contributed by atoms with van der Waals surface area (Å²) >= 11 is 0. The van der Waals surface area contributed by atoms with E-state index in [1.54, 1.807) is 19.1 Å². The predicted octanol–water partition coefficient (Wildman–Crippen LogP) is 2.50. The lowest BCUT2D eigenvalue weighted by Crippen LogP contribution is -2.45. The summed E-state index contributed by atoms with van der Waals surface area (Å²) in [5.41, 5.74) is 2.22. The number of amides is 2. The first-order chi connectivity index (χ1) is 13.8. The molecule has 8 heteroatoms. The molecule has 2 amide bonds. The molecule has 1 aliphatic heterocycles. The van der Waals surface area contributed by atoms with E-state index in [0.717, 1.165) is 18.4 Å². The SMILES string of the molecule is Cc1ccc(C)c(S(=O)(=O)Nc2ccc(C(=O)NC3CCCCNC3=O)cc2)c1. The first-order valence-electron chi connectivity index (χ1n) is 9.55. The second-order valence-electron chi connectivity index (χ2n) is 7.26. The second-order valence-corrected chi connectivity index (χ2v) is 8.92. The molecule has 3 rings (SSSR count). The maximum absolute atomic E-state index is 12.7. The van der Waals surface area contributed by atoms with E-state index in [2.05, 4.69) is 15.4 Å². The highest BCUT2D eigenvalue weighted by Gasteiger charge is 2.23. The van der Waals surface area contributed by atoms with Crippen LogP contribution in [0.5, 0.6) is 0 Å². The van der Waals surface area contributed by atoms with Gasteiger partial charge in [0.05, 0.1) is 4.90 Å². The Kier molecular flexibility index (Phi) is 6.22. The normalized spacial score (nSPS) is 17.2. The molecule has 3 N–H and O–H groups in total. The summed E-state index contributed by atoms with van der Waals surface area (Å²) in [7, 11) is -3.74. The van der Waals surface area contributed by atoms with Crippen LogP contribution in [-0.2, 0) is 14.8 Å². The van der Waals surface area contributed by atoms with E-state index in [4.69, 9.17) is 0 Å². The average Bonchev–Trinajstić information content (AvgIpc) is 2.88. The second kappa shape index (κ2) is 8.65. The van der Waals surface area contributed by atoms with E-state index in [9.17, 15) is 18.0 Å². The molecular formula is C21H25N3O4S. The molecule has 0 radical (unpaired) electrons. The Balaban J connectivity index is 1.70. The molecule has 0 aromatic heterocycles. The van der Waals surface area contributed by atoms with Crippen molar-refractivity contribution in [3.8, 4) is 0 Å². The number of hydrogen-bond donors (Lipinski definition) is 3. The van der Waals surface area contributed by atoms with Gasteiger partial charge in [-0.2, -0.15) is 0 Å². The maximum Gasteiger partial charge on any atom is 0.262 e. The van der Waals surface area contributed by atoms with Gasteiger partial charge in [-0.3, -0.25) is 14.3 Å². The zero-order valence-corrected chi connectivity index (χ0v) is 17.3. The number of sulfonamides is 1. The number of anilines is 1. The fourth-order valence-corrected chi connectivity index (χ4v) is 4.60. The molecule has 1 fully saturated rings. The summed E-state index contributed by atoms with van der Waals surface area (Å²) in [6.45, 7) is 4.20. The number of nitrogens with one attached hydrogen (secondary N) is 3. The summed E-state index contributed by atoms with van der Waals surface area (Å²) in [4.78, 5) is 24.6. The Morgan fingerprint density at radius 3 is 2.52 bits per heavy atom. The lowest BCUT2D eigenvalue weighted by atomic mass is 10.1. The molecule has 1 unspecified atom stereocenters. The summed E-state index contributed by atoms with van der Waals surface area (Å²) in [6, 6.07) is 10.8. The van der Waals surface area contributed by atoms with Crippen LogP contribution in [0.1, 0.15) is 40.7 Å². The molecule has 1 saturated heterocycles. The molecule has 2 aromatic carbocycles. The van der Waals surface area contributed by atoms with Crippen LogP contribution in [0.15, 0.2) is 47.4 Å². The third-order valence-corrected chi connectivity index (χ3v) is 6.40. The summed E-state index contributed by atoms with van der Waals surface area (Å²) in [5.74, 6) is -0.537. The number of hydrogen-bond acceptors (Lipinski definition) is 4. The van der Waals surface area contributed by atoms with Crippen molar-refractivity contribution in [1.29, 1.82) is 0 Å². The van der Waals surface area contributed by atoms with Gasteiger partial charge in [0.1, 0.15) is 6.04 Å². The highest BCUT2D eigenvalue weighted by molar-refractivity contribution is 7.92. The van der Waals surface area contributed by atoms with E-state index in [-0.39, 0.29) is 16.7 Å². The molecule has 29 heavy (non-hydrogen) atoms. The number of benzene rings is 2. The molecular weight excluding hydrogens is 390 g/mol. The van der Waals surface area contributed by atoms with Gasteiger partial charge >= 0.3 is 0 Å². The fourth-order valence-electron chi connectivity index (χ4n) is 3.22. The average molecular weight is 416 g/mol. The predicted molar refractivity (Wildman–Crippen MR) is 111 cm³/mol. The maximum atomic E-state index is 12.7. The Morgan fingerprint density at radius 1 is 1.07 bits per heavy atom. The lowest BCUT2D eigenvalue weighted by Gasteiger charge is -2.15. The van der Waals surface area contributed by atoms with E-state index < -0.39 is 16.1 Å². The molecule has 0 aliphatic carbocycles. The minimum Gasteiger partial charge on any atom is -0.354 e. The van der Waals surface area contributed by atoms with Crippen LogP contribution in [-0.4, -0.2) is 32.8 Å². The Bertz CT molecular complexity index is 1020. The third-order valence-electron chi connectivity index (χ3n) is 4.87. The van der Waals surface area contributed by atoms with Crippen LogP contribution in [0.3, 0.4) is 0 Å². The summed E-state index contributed by atoms with van der Waals surface area (Å²) in [5, 5.41) is 5.52. The van der Waals surface area contributed by atoms with Crippen molar-refractivity contribution in [1.82, 2.24) is 10.6 Å². The zero-order valence-electron chi connectivity index (χ0n) is 16.5. The number of rotatable bonds is 5. The van der Waals surface area contributed by atoms with E-state index in [1.165, 1.54) is 24.3 Å². The van der Waals surface area contributed by atoms with Gasteiger partial charge in [0.25, 0.3) is 15.9 Å². The first-order valence-corrected chi connectivity index (χ1v) is 11.0. The number of carbonyl (C=O) groups excluding carboxylic acids is 2. The quantitative estimate of drug-likeness (QED) is 0.698. The highest BCUT2D eigenvalue weighted by Crippen LogP contribution is 2.21. The Morgan fingerprint density at radius 2 is 1.79 bits per heavy atom. The number of aryl methyl sites for hydroxylation is 2. The minimum absolute atomic E-state index is 0.172. The molecule has 0 saturated carbocycles. The van der Waals surface area contributed by atoms with Gasteiger partial charge in [-0.15, -0.1) is 0 Å². The van der Waals surface area contributed by atoms with Crippen molar-refractivity contribution in [3.63, 3.8) is 0 Å². The van der Waals surface area contributed by atoms with Crippen molar-refractivity contribution in [3.05, 3.63) is 59.2 Å². The van der Waals surface area contributed by atoms with Gasteiger partial charge in [0.15, 0.2) is 0 Å². The van der Waals surface area contributed by atoms with Crippen LogP contribution in [0.2, 0.25) is 0 Å². The molecule has 154 valence electrons. The van der Waals surface area contributed by atoms with Crippen LogP contribution in [0, 0.1) is 13.8 Å². The fraction of sp³-hybridized carbons (Fsp3) is 0.333. The minimum atomic E-state index is -3.74. The van der Waals surface area contributed by atoms with E-state index in [1.807, 2.05) is 13.0 Å². The molecule has 1 atom stereocenters. The van der Waals surface area contributed by atoms with Crippen molar-refractivity contribution < 1.29 is 18.0 Å². The Hall–Kier alpha value is -2.87. The zero-order chi connectivity index (χ0) is 21.0. The molecule has 0 spiro atoms. The summed E-state index contributed by atoms with van der Waals surface area (Å²) in [6.07, 6.45) is 2.36. The van der Waals surface area contributed by atoms with Crippen LogP contribution < -0.4 is 15.4 Å². The molecule has 7 nitrogen and oxygen atoms in total. The van der Waals surface area contributed by atoms with Crippen LogP contribution >= 0.6 is 0 Å². The third kappa shape index (κ3) is 5.14. The van der Waals surface area contributed by atoms with Crippen molar-refractivity contribution in [2.75, 3.05) is 11.3 Å². The van der Waals surface area contributed by atoms with Gasteiger partial charge < -0.3 is 10.6 Å². The summed E-state index contributed by atoms with van der Waals surface area (Å²) < 4.78 is 27.9. The van der Waals surface area contributed by atoms with Crippen molar-refractivity contribution >= 4 is 27.5 Å². The van der Waals surface area contributed by atoms with Gasteiger partial charge in [-0.05, 0) is 74.6 Å². The molecule has 2 aromatic rings. The van der Waals surface area contributed by atoms with Gasteiger partial charge in [-0.25, -0.2) is 8.42 Å². The van der Waals surface area contributed by atoms with Gasteiger partial charge in [0.2, 0.25) is 5.91 Å². The number of carbonyl (C=O) groups is 2. The van der Waals surface area contributed by atoms with E-state index >= 15 is 0 Å². The molecule has 1 heterocycles. The Labute approximate surface area is 171 Å². The van der Waals surface area contributed by atoms with Gasteiger partial charge in [0, 0.05) is 17.8 Å². The highest BCUT2D eigenvalue weighted by atomic mass is 32.2. The monoisotopic (exact) mass is 415 g/mol. The van der Waals surface area contributed by atoms with Crippen LogP contribution in [0.25, 0.3) is 0 Å². The topological polar surface area (TPSA) is 104 Å². The first kappa shape index (κ1) is 20.9. The molecule has 1 aliphatic rings. The lowest BCUT2D eigenvalue weighted by molar-refractivity contribution is -0.122. The van der Waals surface area contributed by atoms with E-state index in [0.29, 0.717) is 29.8 Å².